The van der Waals surface area contributed by atoms with Crippen molar-refractivity contribution >= 4 is 17.8 Å². The summed E-state index contributed by atoms with van der Waals surface area (Å²) in [6.07, 6.45) is 19.5. The maximum Gasteiger partial charge on any atom is 0.328 e. The zero-order valence-electron chi connectivity index (χ0n) is 23.1. The molecule has 208 valence electrons. The van der Waals surface area contributed by atoms with E-state index in [1.807, 2.05) is 0 Å². The van der Waals surface area contributed by atoms with Gasteiger partial charge in [0.05, 0.1) is 7.11 Å². The third kappa shape index (κ3) is 9.35. The van der Waals surface area contributed by atoms with Crippen LogP contribution in [0.2, 0.25) is 0 Å². The first-order valence-electron chi connectivity index (χ1n) is 14.6. The molecule has 2 rings (SSSR count). The van der Waals surface area contributed by atoms with Crippen molar-refractivity contribution < 1.29 is 29.0 Å². The van der Waals surface area contributed by atoms with Crippen LogP contribution < -0.4 is 0 Å². The molecular weight excluding hydrogens is 458 g/mol. The van der Waals surface area contributed by atoms with Crippen molar-refractivity contribution in [3.63, 3.8) is 0 Å². The first kappa shape index (κ1) is 30.6. The molecule has 2 unspecified atom stereocenters. The lowest BCUT2D eigenvalue weighted by atomic mass is 9.87. The standard InChI is InChI=1S/C29H51NO6/c1-4-5-6-7-8-9-10-11-12-13-14-15-16-17-18-21-29(2)26(32)23(27(33)36-29)22-30-24(28(34)35-3)19-20-25(30)31/h23-24,26,32H,4-22H2,1-3H3/t23-,24?,26?,29-/m1/s1. The maximum absolute atomic E-state index is 12.6. The Morgan fingerprint density at radius 3 is 1.94 bits per heavy atom. The van der Waals surface area contributed by atoms with Crippen LogP contribution in [0, 0.1) is 5.92 Å². The SMILES string of the molecule is CCCCCCCCCCCCCCCCC[C@@]1(C)OC(=O)[C@H](CN2C(=O)CCC2C(=O)OC)C1O. The molecule has 2 saturated heterocycles. The maximum atomic E-state index is 12.6. The lowest BCUT2D eigenvalue weighted by Gasteiger charge is -2.29. The number of aliphatic hydroxyl groups excluding tert-OH is 1. The molecule has 2 aliphatic heterocycles. The van der Waals surface area contributed by atoms with Gasteiger partial charge < -0.3 is 19.5 Å². The number of carbonyl (C=O) groups is 3. The lowest BCUT2D eigenvalue weighted by molar-refractivity contribution is -0.153. The summed E-state index contributed by atoms with van der Waals surface area (Å²) >= 11 is 0. The highest BCUT2D eigenvalue weighted by Gasteiger charge is 2.53. The summed E-state index contributed by atoms with van der Waals surface area (Å²) in [6.45, 7) is 4.04. The van der Waals surface area contributed by atoms with Crippen LogP contribution in [0.3, 0.4) is 0 Å². The molecule has 0 aromatic carbocycles. The monoisotopic (exact) mass is 509 g/mol. The van der Waals surface area contributed by atoms with Crippen molar-refractivity contribution in [3.05, 3.63) is 0 Å². The molecule has 2 fully saturated rings. The van der Waals surface area contributed by atoms with E-state index in [0.29, 0.717) is 12.8 Å². The lowest BCUT2D eigenvalue weighted by Crippen LogP contribution is -2.47. The third-order valence-electron chi connectivity index (χ3n) is 8.11. The second-order valence-corrected chi connectivity index (χ2v) is 11.1. The molecular formula is C29H51NO6. The third-order valence-corrected chi connectivity index (χ3v) is 8.11. The summed E-state index contributed by atoms with van der Waals surface area (Å²) in [5, 5.41) is 10.9. The molecule has 7 nitrogen and oxygen atoms in total. The van der Waals surface area contributed by atoms with Gasteiger partial charge in [0, 0.05) is 13.0 Å². The normalized spacial score (nSPS) is 26.0. The van der Waals surface area contributed by atoms with E-state index in [-0.39, 0.29) is 18.9 Å². The number of esters is 2. The molecule has 36 heavy (non-hydrogen) atoms. The molecule has 0 spiro atoms. The Morgan fingerprint density at radius 1 is 0.944 bits per heavy atom. The molecule has 1 amide bonds. The van der Waals surface area contributed by atoms with E-state index in [4.69, 9.17) is 9.47 Å². The number of likely N-dealkylation sites (tertiary alicyclic amines) is 1. The van der Waals surface area contributed by atoms with Gasteiger partial charge in [-0.15, -0.1) is 0 Å². The number of nitrogens with zero attached hydrogens (tertiary/aromatic N) is 1. The summed E-state index contributed by atoms with van der Waals surface area (Å²) in [5.74, 6) is -2.00. The van der Waals surface area contributed by atoms with E-state index in [0.717, 1.165) is 19.3 Å². The van der Waals surface area contributed by atoms with Crippen molar-refractivity contribution in [3.8, 4) is 0 Å². The first-order chi connectivity index (χ1) is 17.3. The Labute approximate surface area is 218 Å². The number of ether oxygens (including phenoxy) is 2. The van der Waals surface area contributed by atoms with Gasteiger partial charge >= 0.3 is 11.9 Å². The predicted octanol–water partition coefficient (Wildman–Crippen LogP) is 5.70. The van der Waals surface area contributed by atoms with E-state index in [2.05, 4.69) is 6.92 Å². The minimum absolute atomic E-state index is 0.00690. The van der Waals surface area contributed by atoms with Crippen LogP contribution in [0.4, 0.5) is 0 Å². The Balaban J connectivity index is 1.58. The Hall–Kier alpha value is -1.63. The van der Waals surface area contributed by atoms with Crippen molar-refractivity contribution in [1.82, 2.24) is 4.90 Å². The van der Waals surface area contributed by atoms with Crippen LogP contribution in [0.25, 0.3) is 0 Å². The molecule has 2 heterocycles. The van der Waals surface area contributed by atoms with Crippen molar-refractivity contribution in [2.75, 3.05) is 13.7 Å². The fourth-order valence-electron chi connectivity index (χ4n) is 5.70. The minimum atomic E-state index is -0.997. The highest BCUT2D eigenvalue weighted by molar-refractivity contribution is 5.88. The summed E-state index contributed by atoms with van der Waals surface area (Å²) in [6, 6.07) is -0.690. The quantitative estimate of drug-likeness (QED) is 0.177. The van der Waals surface area contributed by atoms with Crippen LogP contribution in [-0.4, -0.2) is 59.3 Å². The average Bonchev–Trinajstić information content (AvgIpc) is 3.33. The zero-order chi connectivity index (χ0) is 26.4. The zero-order valence-corrected chi connectivity index (χ0v) is 23.1. The molecule has 0 saturated carbocycles. The van der Waals surface area contributed by atoms with E-state index in [1.165, 1.54) is 89.1 Å². The Kier molecular flexibility index (Phi) is 13.8. The Bertz CT molecular complexity index is 683. The highest BCUT2D eigenvalue weighted by Crippen LogP contribution is 2.37. The van der Waals surface area contributed by atoms with Gasteiger partial charge in [0.2, 0.25) is 5.91 Å². The summed E-state index contributed by atoms with van der Waals surface area (Å²) < 4.78 is 10.4. The van der Waals surface area contributed by atoms with Gasteiger partial charge in [-0.3, -0.25) is 9.59 Å². The molecule has 0 radical (unpaired) electrons. The molecule has 7 heteroatoms. The number of amides is 1. The number of hydrogen-bond donors (Lipinski definition) is 1. The van der Waals surface area contributed by atoms with Gasteiger partial charge in [-0.25, -0.2) is 4.79 Å². The van der Waals surface area contributed by atoms with Crippen molar-refractivity contribution in [2.24, 2.45) is 5.92 Å². The van der Waals surface area contributed by atoms with Gasteiger partial charge in [0.15, 0.2) is 0 Å². The van der Waals surface area contributed by atoms with Crippen molar-refractivity contribution in [1.29, 1.82) is 0 Å². The van der Waals surface area contributed by atoms with Gasteiger partial charge in [0.1, 0.15) is 23.7 Å². The Morgan fingerprint density at radius 2 is 1.44 bits per heavy atom. The van der Waals surface area contributed by atoms with Gasteiger partial charge in [-0.05, 0) is 26.2 Å². The number of rotatable bonds is 19. The largest absolute Gasteiger partial charge is 0.467 e. The van der Waals surface area contributed by atoms with E-state index in [9.17, 15) is 19.5 Å². The molecule has 2 aliphatic rings. The van der Waals surface area contributed by atoms with Crippen LogP contribution in [-0.2, 0) is 23.9 Å². The first-order valence-corrected chi connectivity index (χ1v) is 14.6. The van der Waals surface area contributed by atoms with Crippen LogP contribution in [0.15, 0.2) is 0 Å². The average molecular weight is 510 g/mol. The number of cyclic esters (lactones) is 1. The molecule has 0 aromatic rings. The minimum Gasteiger partial charge on any atom is -0.467 e. The molecule has 0 bridgehead atoms. The topological polar surface area (TPSA) is 93.1 Å². The second-order valence-electron chi connectivity index (χ2n) is 11.1. The fourth-order valence-corrected chi connectivity index (χ4v) is 5.70. The van der Waals surface area contributed by atoms with Crippen LogP contribution in [0.5, 0.6) is 0 Å². The second kappa shape index (κ2) is 16.3. The molecule has 4 atom stereocenters. The molecule has 1 N–H and O–H groups in total. The smallest absolute Gasteiger partial charge is 0.328 e. The van der Waals surface area contributed by atoms with Crippen LogP contribution in [0.1, 0.15) is 129 Å². The van der Waals surface area contributed by atoms with Crippen LogP contribution >= 0.6 is 0 Å². The van der Waals surface area contributed by atoms with Gasteiger partial charge in [-0.2, -0.15) is 0 Å². The molecule has 0 aromatic heterocycles. The fraction of sp³-hybridized carbons (Fsp3) is 0.897. The summed E-state index contributed by atoms with van der Waals surface area (Å²) in [5.41, 5.74) is -0.943. The van der Waals surface area contributed by atoms with E-state index < -0.39 is 35.6 Å². The van der Waals surface area contributed by atoms with Gasteiger partial charge in [0.25, 0.3) is 0 Å². The van der Waals surface area contributed by atoms with E-state index >= 15 is 0 Å². The summed E-state index contributed by atoms with van der Waals surface area (Å²) in [4.78, 5) is 38.2. The number of carbonyl (C=O) groups excluding carboxylic acids is 3. The molecule has 0 aliphatic carbocycles. The summed E-state index contributed by atoms with van der Waals surface area (Å²) in [7, 11) is 1.29. The number of unbranched alkanes of at least 4 members (excludes halogenated alkanes) is 14. The predicted molar refractivity (Wildman–Crippen MR) is 140 cm³/mol. The van der Waals surface area contributed by atoms with Gasteiger partial charge in [-0.1, -0.05) is 96.8 Å². The number of hydrogen-bond acceptors (Lipinski definition) is 6. The highest BCUT2D eigenvalue weighted by atomic mass is 16.6. The number of methoxy groups -OCH3 is 1. The van der Waals surface area contributed by atoms with Crippen molar-refractivity contribution in [2.45, 2.75) is 147 Å². The number of aliphatic hydroxyl groups is 1. The van der Waals surface area contributed by atoms with E-state index in [1.54, 1.807) is 6.92 Å².